The maximum Gasteiger partial charge on any atom is 0.237 e. The zero-order valence-corrected chi connectivity index (χ0v) is 11.3. The molecular formula is C14H21N3O2. The molecular weight excluding hydrogens is 242 g/mol. The largest absolute Gasteiger partial charge is 0.480 e. The fraction of sp³-hybridized carbons (Fsp3) is 0.571. The van der Waals surface area contributed by atoms with E-state index in [1.807, 2.05) is 0 Å². The summed E-state index contributed by atoms with van der Waals surface area (Å²) in [6.45, 7) is 0.390. The third-order valence-electron chi connectivity index (χ3n) is 3.90. The summed E-state index contributed by atoms with van der Waals surface area (Å²) in [7, 11) is 1.54. The Morgan fingerprint density at radius 1 is 1.47 bits per heavy atom. The van der Waals surface area contributed by atoms with E-state index >= 15 is 0 Å². The summed E-state index contributed by atoms with van der Waals surface area (Å²) < 4.78 is 5.14. The Morgan fingerprint density at radius 3 is 2.84 bits per heavy atom. The predicted molar refractivity (Wildman–Crippen MR) is 74.0 cm³/mol. The molecule has 0 aliphatic heterocycles. The Kier molecular flexibility index (Phi) is 4.37. The number of carbonyl (C=O) groups excluding carboxylic acids is 1. The standard InChI is InChI=1S/C14H21N3O2/c1-19-12-11(6-5-9-16-12)17-13(18)14(10-15)7-3-2-4-8-14/h5-6,9H,2-4,7-8,10,15H2,1H3,(H,17,18). The zero-order valence-electron chi connectivity index (χ0n) is 11.3. The van der Waals surface area contributed by atoms with Gasteiger partial charge in [-0.05, 0) is 25.0 Å². The topological polar surface area (TPSA) is 77.2 Å². The molecule has 19 heavy (non-hydrogen) atoms. The number of ether oxygens (including phenoxy) is 1. The molecule has 0 radical (unpaired) electrons. The number of hydrogen-bond acceptors (Lipinski definition) is 4. The van der Waals surface area contributed by atoms with E-state index in [0.29, 0.717) is 18.1 Å². The minimum Gasteiger partial charge on any atom is -0.480 e. The molecule has 1 aliphatic carbocycles. The Labute approximate surface area is 113 Å². The molecule has 3 N–H and O–H groups in total. The third-order valence-corrected chi connectivity index (χ3v) is 3.90. The van der Waals surface area contributed by atoms with Crippen LogP contribution in [0.3, 0.4) is 0 Å². The van der Waals surface area contributed by atoms with Crippen molar-refractivity contribution in [2.75, 3.05) is 19.0 Å². The fourth-order valence-corrected chi connectivity index (χ4v) is 2.66. The number of nitrogens with one attached hydrogen (secondary N) is 1. The molecule has 104 valence electrons. The third kappa shape index (κ3) is 2.87. The molecule has 0 aromatic carbocycles. The van der Waals surface area contributed by atoms with Crippen LogP contribution in [0.4, 0.5) is 5.69 Å². The van der Waals surface area contributed by atoms with Gasteiger partial charge in [0.05, 0.1) is 12.5 Å². The highest BCUT2D eigenvalue weighted by atomic mass is 16.5. The van der Waals surface area contributed by atoms with Crippen LogP contribution < -0.4 is 15.8 Å². The van der Waals surface area contributed by atoms with Gasteiger partial charge in [-0.25, -0.2) is 4.98 Å². The van der Waals surface area contributed by atoms with Gasteiger partial charge in [0.1, 0.15) is 5.69 Å². The van der Waals surface area contributed by atoms with Crippen LogP contribution in [-0.2, 0) is 4.79 Å². The number of hydrogen-bond donors (Lipinski definition) is 2. The van der Waals surface area contributed by atoms with Crippen LogP contribution in [0.5, 0.6) is 5.88 Å². The van der Waals surface area contributed by atoms with Crippen LogP contribution in [0.25, 0.3) is 0 Å². The molecule has 0 bridgehead atoms. The highest BCUT2D eigenvalue weighted by Crippen LogP contribution is 2.37. The van der Waals surface area contributed by atoms with Gasteiger partial charge in [0.2, 0.25) is 11.8 Å². The molecule has 1 aromatic rings. The van der Waals surface area contributed by atoms with Gasteiger partial charge in [-0.2, -0.15) is 0 Å². The van der Waals surface area contributed by atoms with Crippen molar-refractivity contribution in [2.45, 2.75) is 32.1 Å². The van der Waals surface area contributed by atoms with Crippen molar-refractivity contribution >= 4 is 11.6 Å². The van der Waals surface area contributed by atoms with Crippen molar-refractivity contribution in [1.82, 2.24) is 4.98 Å². The van der Waals surface area contributed by atoms with Crippen molar-refractivity contribution in [2.24, 2.45) is 11.1 Å². The molecule has 5 heteroatoms. The summed E-state index contributed by atoms with van der Waals surface area (Å²) in [5.74, 6) is 0.417. The number of aromatic nitrogens is 1. The van der Waals surface area contributed by atoms with Gasteiger partial charge in [-0.1, -0.05) is 19.3 Å². The number of nitrogens with two attached hydrogens (primary N) is 1. The Morgan fingerprint density at radius 2 is 2.21 bits per heavy atom. The smallest absolute Gasteiger partial charge is 0.237 e. The lowest BCUT2D eigenvalue weighted by molar-refractivity contribution is -0.126. The van der Waals surface area contributed by atoms with Gasteiger partial charge in [0.15, 0.2) is 0 Å². The molecule has 2 rings (SSSR count). The number of nitrogens with zero attached hydrogens (tertiary/aromatic N) is 1. The van der Waals surface area contributed by atoms with Gasteiger partial charge < -0.3 is 15.8 Å². The number of pyridine rings is 1. The SMILES string of the molecule is COc1ncccc1NC(=O)C1(CN)CCCCC1. The molecule has 0 saturated heterocycles. The molecule has 1 saturated carbocycles. The number of carbonyl (C=O) groups is 1. The molecule has 0 unspecified atom stereocenters. The van der Waals surface area contributed by atoms with Gasteiger partial charge in [0.25, 0.3) is 0 Å². The van der Waals surface area contributed by atoms with Crippen LogP contribution in [0.1, 0.15) is 32.1 Å². The normalized spacial score (nSPS) is 17.8. The Balaban J connectivity index is 2.15. The maximum atomic E-state index is 12.5. The fourth-order valence-electron chi connectivity index (χ4n) is 2.66. The summed E-state index contributed by atoms with van der Waals surface area (Å²) in [6.07, 6.45) is 6.67. The van der Waals surface area contributed by atoms with Crippen LogP contribution in [0.2, 0.25) is 0 Å². The number of amides is 1. The first-order valence-corrected chi connectivity index (χ1v) is 6.72. The average molecular weight is 263 g/mol. The first kappa shape index (κ1) is 13.8. The highest BCUT2D eigenvalue weighted by Gasteiger charge is 2.38. The average Bonchev–Trinajstić information content (AvgIpc) is 2.48. The number of rotatable bonds is 4. The van der Waals surface area contributed by atoms with Crippen LogP contribution in [0, 0.1) is 5.41 Å². The van der Waals surface area contributed by atoms with E-state index < -0.39 is 5.41 Å². The molecule has 1 heterocycles. The first-order chi connectivity index (χ1) is 9.22. The van der Waals surface area contributed by atoms with Gasteiger partial charge in [-0.15, -0.1) is 0 Å². The minimum absolute atomic E-state index is 0.0130. The van der Waals surface area contributed by atoms with Crippen LogP contribution >= 0.6 is 0 Å². The van der Waals surface area contributed by atoms with E-state index in [1.165, 1.54) is 13.5 Å². The van der Waals surface area contributed by atoms with Crippen molar-refractivity contribution < 1.29 is 9.53 Å². The molecule has 1 fully saturated rings. The summed E-state index contributed by atoms with van der Waals surface area (Å²) in [6, 6.07) is 3.56. The lowest BCUT2D eigenvalue weighted by Gasteiger charge is -2.34. The highest BCUT2D eigenvalue weighted by molar-refractivity contribution is 5.96. The van der Waals surface area contributed by atoms with E-state index in [4.69, 9.17) is 10.5 Å². The monoisotopic (exact) mass is 263 g/mol. The summed E-state index contributed by atoms with van der Waals surface area (Å²) in [5, 5.41) is 2.92. The summed E-state index contributed by atoms with van der Waals surface area (Å²) >= 11 is 0. The molecule has 0 spiro atoms. The van der Waals surface area contributed by atoms with Gasteiger partial charge in [0, 0.05) is 12.7 Å². The lowest BCUT2D eigenvalue weighted by atomic mass is 9.73. The van der Waals surface area contributed by atoms with E-state index in [1.54, 1.807) is 18.3 Å². The number of methoxy groups -OCH3 is 1. The van der Waals surface area contributed by atoms with Crippen molar-refractivity contribution in [3.63, 3.8) is 0 Å². The molecule has 1 amide bonds. The lowest BCUT2D eigenvalue weighted by Crippen LogP contribution is -2.43. The second kappa shape index (κ2) is 6.02. The van der Waals surface area contributed by atoms with Gasteiger partial charge in [-0.3, -0.25) is 4.79 Å². The van der Waals surface area contributed by atoms with E-state index in [2.05, 4.69) is 10.3 Å². The van der Waals surface area contributed by atoms with E-state index in [-0.39, 0.29) is 5.91 Å². The molecule has 1 aromatic heterocycles. The molecule has 1 aliphatic rings. The second-order valence-electron chi connectivity index (χ2n) is 5.06. The van der Waals surface area contributed by atoms with E-state index in [0.717, 1.165) is 25.7 Å². The van der Waals surface area contributed by atoms with Crippen LogP contribution in [-0.4, -0.2) is 24.5 Å². The van der Waals surface area contributed by atoms with Crippen LogP contribution in [0.15, 0.2) is 18.3 Å². The van der Waals surface area contributed by atoms with Crippen molar-refractivity contribution in [3.8, 4) is 5.88 Å². The maximum absolute atomic E-state index is 12.5. The molecule has 5 nitrogen and oxygen atoms in total. The molecule has 0 atom stereocenters. The van der Waals surface area contributed by atoms with Crippen molar-refractivity contribution in [1.29, 1.82) is 0 Å². The van der Waals surface area contributed by atoms with Gasteiger partial charge >= 0.3 is 0 Å². The second-order valence-corrected chi connectivity index (χ2v) is 5.06. The number of anilines is 1. The summed E-state index contributed by atoms with van der Waals surface area (Å²) in [5.41, 5.74) is 6.03. The Bertz CT molecular complexity index is 442. The Hall–Kier alpha value is -1.62. The van der Waals surface area contributed by atoms with Crippen molar-refractivity contribution in [3.05, 3.63) is 18.3 Å². The zero-order chi connectivity index (χ0) is 13.7. The first-order valence-electron chi connectivity index (χ1n) is 6.72. The summed E-state index contributed by atoms with van der Waals surface area (Å²) in [4.78, 5) is 16.6. The predicted octanol–water partition coefficient (Wildman–Crippen LogP) is 1.94. The quantitative estimate of drug-likeness (QED) is 0.870. The minimum atomic E-state index is -0.431. The van der Waals surface area contributed by atoms with E-state index in [9.17, 15) is 4.79 Å².